The fourth-order valence-electron chi connectivity index (χ4n) is 28.0. The number of ether oxygens (including phenoxy) is 2. The van der Waals surface area contributed by atoms with E-state index in [0.29, 0.717) is 119 Å². The SMILES string of the molecule is COC(=O)c1ccc(C2=CC[C@]3(C)[C@H]4CC[C@@H]5[C@H]6[C@H](C(C)N)CC[C@]6(NCCN6CCS(=O)(=O)CC6)CC[C@@]5(C)[C@]4(C)CC[C@H]3C2(C)C)cc1.COC(=O)c1ccc(C2=CC[C@]3(C)[C@H]4CC[C@@H]5[C@H]6[C@H](C(C)N)CC[C@]6(NCCN6CCS(=O)(=O)CC6)CC[C@@]5(C)[C@]4(C)CC[C@H]3C2(C)C)cc1. The third-order valence-electron chi connectivity index (χ3n) is 33.4. The van der Waals surface area contributed by atoms with Crippen LogP contribution in [-0.2, 0) is 29.1 Å². The van der Waals surface area contributed by atoms with Gasteiger partial charge < -0.3 is 41.4 Å². The van der Waals surface area contributed by atoms with Crippen LogP contribution in [0.1, 0.15) is 231 Å². The van der Waals surface area contributed by atoms with Gasteiger partial charge in [-0.1, -0.05) is 106 Å². The first kappa shape index (κ1) is 74.8. The average Bonchev–Trinajstić information content (AvgIpc) is 1.05. The smallest absolute Gasteiger partial charge is 0.337 e. The zero-order valence-corrected chi connectivity index (χ0v) is 65.7. The molecule has 0 aromatic heterocycles. The summed E-state index contributed by atoms with van der Waals surface area (Å²) in [6.07, 6.45) is 27.5. The first-order valence-electron chi connectivity index (χ1n) is 39.7. The Hall–Kier alpha value is -3.48. The lowest BCUT2D eigenvalue weighted by atomic mass is 9.33. The number of esters is 2. The average molecular weight is 1420 g/mol. The van der Waals surface area contributed by atoms with Crippen LogP contribution in [0.15, 0.2) is 60.7 Å². The van der Waals surface area contributed by atoms with E-state index in [4.69, 9.17) is 20.9 Å². The molecule has 0 bridgehead atoms. The Kier molecular flexibility index (Phi) is 20.0. The van der Waals surface area contributed by atoms with Crippen molar-refractivity contribution in [2.24, 2.45) is 114 Å². The minimum absolute atomic E-state index is 0.0363. The molecular weight excluding hydrogens is 1290 g/mol. The quantitative estimate of drug-likeness (QED) is 0.130. The van der Waals surface area contributed by atoms with Crippen molar-refractivity contribution in [3.63, 3.8) is 0 Å². The molecule has 12 aliphatic rings. The molecule has 2 unspecified atom stereocenters. The van der Waals surface area contributed by atoms with Crippen LogP contribution in [0, 0.1) is 102 Å². The molecule has 20 atom stereocenters. The van der Waals surface area contributed by atoms with Crippen molar-refractivity contribution in [1.82, 2.24) is 20.4 Å². The van der Waals surface area contributed by atoms with Gasteiger partial charge in [0.25, 0.3) is 0 Å². The molecule has 8 saturated carbocycles. The maximum absolute atomic E-state index is 12.1. The van der Waals surface area contributed by atoms with Gasteiger partial charge in [-0.3, -0.25) is 0 Å². The summed E-state index contributed by atoms with van der Waals surface area (Å²) in [5.41, 5.74) is 22.2. The highest BCUT2D eigenvalue weighted by Gasteiger charge is 2.73. The van der Waals surface area contributed by atoms with E-state index < -0.39 is 19.7 Å². The Morgan fingerprint density at radius 1 is 0.470 bits per heavy atom. The fourth-order valence-corrected chi connectivity index (χ4v) is 30.5. The summed E-state index contributed by atoms with van der Waals surface area (Å²) >= 11 is 0. The summed E-state index contributed by atoms with van der Waals surface area (Å²) in [7, 11) is -2.84. The zero-order valence-electron chi connectivity index (χ0n) is 64.0. The number of sulfone groups is 2. The van der Waals surface area contributed by atoms with Gasteiger partial charge in [0.15, 0.2) is 19.7 Å². The lowest BCUT2D eigenvalue weighted by molar-refractivity contribution is -0.220. The topological polar surface area (TPSA) is 203 Å². The Morgan fingerprint density at radius 3 is 1.15 bits per heavy atom. The van der Waals surface area contributed by atoms with Gasteiger partial charge in [-0.05, 0) is 278 Å². The Labute approximate surface area is 603 Å². The minimum atomic E-state index is -2.86. The van der Waals surface area contributed by atoms with Gasteiger partial charge in [0.05, 0.1) is 48.4 Å². The van der Waals surface area contributed by atoms with Gasteiger partial charge in [0.1, 0.15) is 0 Å². The first-order chi connectivity index (χ1) is 47.0. The van der Waals surface area contributed by atoms with E-state index in [1.165, 1.54) is 139 Å². The van der Waals surface area contributed by atoms with Crippen LogP contribution in [0.4, 0.5) is 0 Å². The predicted molar refractivity (Wildman–Crippen MR) is 405 cm³/mol. The van der Waals surface area contributed by atoms with Crippen molar-refractivity contribution in [3.05, 3.63) is 82.9 Å². The number of fused-ring (bicyclic) bond motifs is 14. The number of hydrogen-bond donors (Lipinski definition) is 4. The van der Waals surface area contributed by atoms with Gasteiger partial charge in [0, 0.05) is 75.5 Å². The predicted octanol–water partition coefficient (Wildman–Crippen LogP) is 13.9. The highest BCUT2D eigenvalue weighted by Crippen LogP contribution is 2.79. The summed E-state index contributed by atoms with van der Waals surface area (Å²) in [6.45, 7) is 37.0. The number of carbonyl (C=O) groups excluding carboxylic acids is 2. The van der Waals surface area contributed by atoms with Gasteiger partial charge in [-0.15, -0.1) is 0 Å². The molecule has 14 nitrogen and oxygen atoms in total. The molecule has 2 aromatic rings. The van der Waals surface area contributed by atoms with E-state index in [1.54, 1.807) is 0 Å². The molecule has 16 heteroatoms. The molecule has 10 aliphatic carbocycles. The molecule has 2 aromatic carbocycles. The van der Waals surface area contributed by atoms with Crippen LogP contribution in [-0.4, -0.2) is 151 Å². The molecule has 6 N–H and O–H groups in total. The number of nitrogens with zero attached hydrogens (tertiary/aromatic N) is 2. The van der Waals surface area contributed by atoms with E-state index in [1.807, 2.05) is 24.3 Å². The summed E-state index contributed by atoms with van der Waals surface area (Å²) in [5.74, 6) is 6.80. The maximum Gasteiger partial charge on any atom is 0.337 e. The van der Waals surface area contributed by atoms with Crippen LogP contribution in [0.2, 0.25) is 0 Å². The number of benzene rings is 2. The standard InChI is InChI=1S/2C42H65N3O4S/c2*1-28(43)31-14-19-42(44-22-23-45-24-26-50(47,48)27-25-45)21-20-40(5)33(36(31)42)12-13-35-39(4)17-15-32(29-8-10-30(11-9-29)37(46)49-7)38(2,3)34(39)16-18-41(35,40)6/h2*8-11,15,28,31,33-36,44H,12-14,16-27,43H2,1-7H3/t2*28?,31-,33+,34-,35+,36+,39-,40+,41+,42-/m00/s1. The van der Waals surface area contributed by atoms with Crippen molar-refractivity contribution < 1.29 is 35.9 Å². The van der Waals surface area contributed by atoms with Crippen molar-refractivity contribution in [3.8, 4) is 0 Å². The number of nitrogens with two attached hydrogens (primary N) is 2. The molecule has 0 amide bonds. The molecule has 10 fully saturated rings. The zero-order chi connectivity index (χ0) is 71.8. The molecule has 100 heavy (non-hydrogen) atoms. The van der Waals surface area contributed by atoms with E-state index >= 15 is 0 Å². The van der Waals surface area contributed by atoms with Gasteiger partial charge >= 0.3 is 11.9 Å². The second-order valence-corrected chi connectivity index (χ2v) is 42.5. The van der Waals surface area contributed by atoms with Crippen LogP contribution in [0.25, 0.3) is 11.1 Å². The summed E-state index contributed by atoms with van der Waals surface area (Å²) in [5, 5.41) is 8.40. The van der Waals surface area contributed by atoms with Crippen LogP contribution in [0.3, 0.4) is 0 Å². The molecule has 2 aliphatic heterocycles. The maximum atomic E-state index is 12.1. The molecule has 556 valence electrons. The van der Waals surface area contributed by atoms with Crippen LogP contribution >= 0.6 is 0 Å². The highest BCUT2D eigenvalue weighted by atomic mass is 32.2. The van der Waals surface area contributed by atoms with E-state index in [0.717, 1.165) is 39.0 Å². The second kappa shape index (κ2) is 26.8. The van der Waals surface area contributed by atoms with Crippen molar-refractivity contribution in [2.75, 3.05) is 89.6 Å². The van der Waals surface area contributed by atoms with Crippen LogP contribution < -0.4 is 22.1 Å². The van der Waals surface area contributed by atoms with Crippen LogP contribution in [0.5, 0.6) is 0 Å². The molecule has 14 rings (SSSR count). The minimum Gasteiger partial charge on any atom is -0.465 e. The van der Waals surface area contributed by atoms with Gasteiger partial charge in [-0.25, -0.2) is 26.4 Å². The summed E-state index contributed by atoms with van der Waals surface area (Å²) in [4.78, 5) is 29.0. The Bertz CT molecular complexity index is 3420. The fraction of sp³-hybridized carbons (Fsp3) is 0.786. The number of rotatable bonds is 14. The second-order valence-electron chi connectivity index (χ2n) is 37.9. The van der Waals surface area contributed by atoms with Gasteiger partial charge in [-0.2, -0.15) is 0 Å². The summed E-state index contributed by atoms with van der Waals surface area (Å²) < 4.78 is 58.0. The first-order valence-corrected chi connectivity index (χ1v) is 43.3. The third-order valence-corrected chi connectivity index (χ3v) is 36.6. The van der Waals surface area contributed by atoms with Crippen molar-refractivity contribution in [2.45, 2.75) is 222 Å². The largest absolute Gasteiger partial charge is 0.465 e. The molecule has 2 heterocycles. The Balaban J connectivity index is 0.000000179. The number of hydrogen-bond acceptors (Lipinski definition) is 14. The summed E-state index contributed by atoms with van der Waals surface area (Å²) in [6, 6.07) is 16.6. The highest BCUT2D eigenvalue weighted by molar-refractivity contribution is 7.91. The van der Waals surface area contributed by atoms with E-state index in [-0.39, 0.29) is 78.4 Å². The normalized spacial score (nSPS) is 42.6. The molecular formula is C84H130N6O8S2. The van der Waals surface area contributed by atoms with Crippen molar-refractivity contribution in [1.29, 1.82) is 0 Å². The molecule has 0 spiro atoms. The van der Waals surface area contributed by atoms with E-state index in [9.17, 15) is 26.4 Å². The number of allylic oxidation sites excluding steroid dienone is 4. The molecule has 0 radical (unpaired) electrons. The van der Waals surface area contributed by atoms with Crippen molar-refractivity contribution >= 4 is 42.8 Å². The monoisotopic (exact) mass is 1410 g/mol. The lowest BCUT2D eigenvalue weighted by Gasteiger charge is -2.72. The molecule has 2 saturated heterocycles. The lowest BCUT2D eigenvalue weighted by Crippen LogP contribution is -2.68. The number of methoxy groups -OCH3 is 2. The van der Waals surface area contributed by atoms with E-state index in [2.05, 4.69) is 140 Å². The Morgan fingerprint density at radius 2 is 0.820 bits per heavy atom. The third kappa shape index (κ3) is 12.2. The number of nitrogens with one attached hydrogen (secondary N) is 2. The number of carbonyl (C=O) groups is 2. The van der Waals surface area contributed by atoms with Gasteiger partial charge in [0.2, 0.25) is 0 Å².